The Kier molecular flexibility index (Phi) is 3.58. The first kappa shape index (κ1) is 13.3. The van der Waals surface area contributed by atoms with Crippen LogP contribution in [0.2, 0.25) is 0 Å². The molecule has 1 atom stereocenters. The van der Waals surface area contributed by atoms with Crippen LogP contribution >= 0.6 is 0 Å². The summed E-state index contributed by atoms with van der Waals surface area (Å²) < 4.78 is 7.58. The molecule has 2 aromatic rings. The lowest BCUT2D eigenvalue weighted by Gasteiger charge is -2.35. The van der Waals surface area contributed by atoms with E-state index in [1.165, 1.54) is 16.8 Å². The number of nitrogens with zero attached hydrogens (tertiary/aromatic N) is 4. The molecule has 2 aromatic heterocycles. The van der Waals surface area contributed by atoms with Gasteiger partial charge in [-0.2, -0.15) is 10.2 Å². The zero-order valence-corrected chi connectivity index (χ0v) is 12.3. The molecule has 1 unspecified atom stereocenters. The van der Waals surface area contributed by atoms with Crippen molar-refractivity contribution in [2.75, 3.05) is 19.8 Å². The summed E-state index contributed by atoms with van der Waals surface area (Å²) in [5.74, 6) is 0. The summed E-state index contributed by atoms with van der Waals surface area (Å²) in [5.41, 5.74) is 4.84. The summed E-state index contributed by atoms with van der Waals surface area (Å²) >= 11 is 0. The smallest absolute Gasteiger partial charge is 0.0758 e. The van der Waals surface area contributed by atoms with Crippen LogP contribution < -0.4 is 0 Å². The van der Waals surface area contributed by atoms with Crippen LogP contribution in [0.15, 0.2) is 12.4 Å². The molecule has 1 aliphatic heterocycles. The van der Waals surface area contributed by atoms with E-state index in [9.17, 15) is 0 Å². The largest absolute Gasteiger partial charge is 0.378 e. The molecule has 6 nitrogen and oxygen atoms in total. The Balaban J connectivity index is 1.83. The van der Waals surface area contributed by atoms with E-state index in [2.05, 4.69) is 34.0 Å². The van der Waals surface area contributed by atoms with Crippen LogP contribution in [-0.2, 0) is 18.3 Å². The zero-order chi connectivity index (χ0) is 14.1. The van der Waals surface area contributed by atoms with Gasteiger partial charge in [-0.05, 0) is 19.4 Å². The summed E-state index contributed by atoms with van der Waals surface area (Å²) in [6.07, 6.45) is 3.83. The third-order valence-electron chi connectivity index (χ3n) is 4.15. The summed E-state index contributed by atoms with van der Waals surface area (Å²) in [6.45, 7) is 7.51. The van der Waals surface area contributed by atoms with Gasteiger partial charge in [-0.1, -0.05) is 0 Å². The first-order valence-electron chi connectivity index (χ1n) is 6.96. The van der Waals surface area contributed by atoms with Gasteiger partial charge < -0.3 is 4.74 Å². The van der Waals surface area contributed by atoms with E-state index in [0.717, 1.165) is 25.4 Å². The van der Waals surface area contributed by atoms with E-state index in [-0.39, 0.29) is 6.04 Å². The molecular formula is C14H21N5O. The predicted molar refractivity (Wildman–Crippen MR) is 75.2 cm³/mol. The molecule has 1 saturated heterocycles. The highest BCUT2D eigenvalue weighted by Crippen LogP contribution is 2.27. The fraction of sp³-hybridized carbons (Fsp3) is 0.571. The van der Waals surface area contributed by atoms with Crippen LogP contribution in [0.5, 0.6) is 0 Å². The Morgan fingerprint density at radius 2 is 2.25 bits per heavy atom. The summed E-state index contributed by atoms with van der Waals surface area (Å²) in [6, 6.07) is 0.242. The molecule has 3 heterocycles. The first-order valence-corrected chi connectivity index (χ1v) is 6.96. The van der Waals surface area contributed by atoms with E-state index in [0.29, 0.717) is 6.61 Å². The molecule has 1 N–H and O–H groups in total. The Labute approximate surface area is 118 Å². The lowest BCUT2D eigenvalue weighted by molar-refractivity contribution is -0.0145. The third kappa shape index (κ3) is 2.36. The van der Waals surface area contributed by atoms with Crippen LogP contribution in [0.25, 0.3) is 0 Å². The van der Waals surface area contributed by atoms with Crippen LogP contribution in [0, 0.1) is 13.8 Å². The van der Waals surface area contributed by atoms with Gasteiger partial charge in [-0.25, -0.2) is 0 Å². The molecule has 0 amide bonds. The average Bonchev–Trinajstić information content (AvgIpc) is 3.00. The summed E-state index contributed by atoms with van der Waals surface area (Å²) in [4.78, 5) is 2.44. The molecule has 108 valence electrons. The van der Waals surface area contributed by atoms with Crippen molar-refractivity contribution >= 4 is 0 Å². The lowest BCUT2D eigenvalue weighted by Crippen LogP contribution is -2.39. The molecule has 0 aliphatic carbocycles. The molecule has 0 saturated carbocycles. The van der Waals surface area contributed by atoms with Crippen LogP contribution in [0.1, 0.15) is 28.6 Å². The van der Waals surface area contributed by atoms with E-state index in [1.54, 1.807) is 0 Å². The van der Waals surface area contributed by atoms with Crippen molar-refractivity contribution in [2.24, 2.45) is 7.05 Å². The van der Waals surface area contributed by atoms with Gasteiger partial charge in [0.05, 0.1) is 37.3 Å². The van der Waals surface area contributed by atoms with Gasteiger partial charge in [0.1, 0.15) is 0 Å². The number of aryl methyl sites for hydroxylation is 2. The number of ether oxygens (including phenoxy) is 1. The minimum absolute atomic E-state index is 0.242. The number of hydrogen-bond acceptors (Lipinski definition) is 4. The van der Waals surface area contributed by atoms with Crippen molar-refractivity contribution in [2.45, 2.75) is 26.4 Å². The van der Waals surface area contributed by atoms with Crippen molar-refractivity contribution in [1.82, 2.24) is 24.9 Å². The summed E-state index contributed by atoms with van der Waals surface area (Å²) in [7, 11) is 1.98. The maximum atomic E-state index is 5.65. The Morgan fingerprint density at radius 3 is 2.90 bits per heavy atom. The molecule has 3 rings (SSSR count). The normalized spacial score (nSPS) is 20.4. The molecule has 20 heavy (non-hydrogen) atoms. The van der Waals surface area contributed by atoms with Crippen LogP contribution in [0.3, 0.4) is 0 Å². The second kappa shape index (κ2) is 5.38. The zero-order valence-electron chi connectivity index (χ0n) is 12.3. The van der Waals surface area contributed by atoms with Gasteiger partial charge in [0.25, 0.3) is 0 Å². The van der Waals surface area contributed by atoms with Gasteiger partial charge in [0.15, 0.2) is 0 Å². The number of aromatic amines is 1. The van der Waals surface area contributed by atoms with Gasteiger partial charge in [-0.3, -0.25) is 14.7 Å². The topological polar surface area (TPSA) is 59.0 Å². The number of nitrogens with one attached hydrogen (secondary N) is 1. The highest BCUT2D eigenvalue weighted by molar-refractivity contribution is 5.20. The molecule has 0 spiro atoms. The number of rotatable bonds is 3. The SMILES string of the molecule is Cc1cn[nH]c1C1COCCN1Cc1cnn(C)c1C. The van der Waals surface area contributed by atoms with Crippen LogP contribution in [0.4, 0.5) is 0 Å². The molecule has 1 aliphatic rings. The standard InChI is InChI=1S/C14H21N5O/c1-10-6-15-17-14(10)13-9-20-5-4-19(13)8-12-7-16-18(3)11(12)2/h6-7,13H,4-5,8-9H2,1-3H3,(H,15,17). The lowest BCUT2D eigenvalue weighted by atomic mass is 10.1. The fourth-order valence-corrected chi connectivity index (χ4v) is 2.71. The molecule has 0 bridgehead atoms. The first-order chi connectivity index (χ1) is 9.66. The highest BCUT2D eigenvalue weighted by Gasteiger charge is 2.27. The van der Waals surface area contributed by atoms with Gasteiger partial charge in [-0.15, -0.1) is 0 Å². The number of aromatic nitrogens is 4. The fourth-order valence-electron chi connectivity index (χ4n) is 2.71. The highest BCUT2D eigenvalue weighted by atomic mass is 16.5. The van der Waals surface area contributed by atoms with E-state index >= 15 is 0 Å². The van der Waals surface area contributed by atoms with E-state index < -0.39 is 0 Å². The maximum Gasteiger partial charge on any atom is 0.0758 e. The minimum Gasteiger partial charge on any atom is -0.378 e. The Morgan fingerprint density at radius 1 is 1.40 bits per heavy atom. The maximum absolute atomic E-state index is 5.65. The van der Waals surface area contributed by atoms with Gasteiger partial charge in [0.2, 0.25) is 0 Å². The van der Waals surface area contributed by atoms with Gasteiger partial charge in [0, 0.05) is 31.4 Å². The van der Waals surface area contributed by atoms with Crippen molar-refractivity contribution in [3.63, 3.8) is 0 Å². The number of H-pyrrole nitrogens is 1. The minimum atomic E-state index is 0.242. The van der Waals surface area contributed by atoms with E-state index in [1.807, 2.05) is 24.1 Å². The second-order valence-electron chi connectivity index (χ2n) is 5.41. The number of morpholine rings is 1. The molecule has 1 fully saturated rings. The predicted octanol–water partition coefficient (Wildman–Crippen LogP) is 1.33. The monoisotopic (exact) mass is 275 g/mol. The van der Waals surface area contributed by atoms with Gasteiger partial charge >= 0.3 is 0 Å². The second-order valence-corrected chi connectivity index (χ2v) is 5.41. The Hall–Kier alpha value is -1.66. The quantitative estimate of drug-likeness (QED) is 0.918. The van der Waals surface area contributed by atoms with Crippen molar-refractivity contribution in [3.05, 3.63) is 34.9 Å². The molecule has 0 radical (unpaired) electrons. The third-order valence-corrected chi connectivity index (χ3v) is 4.15. The Bertz CT molecular complexity index is 588. The molecular weight excluding hydrogens is 254 g/mol. The summed E-state index contributed by atoms with van der Waals surface area (Å²) in [5, 5.41) is 11.6. The van der Waals surface area contributed by atoms with Crippen molar-refractivity contribution in [3.8, 4) is 0 Å². The average molecular weight is 275 g/mol. The van der Waals surface area contributed by atoms with E-state index in [4.69, 9.17) is 4.74 Å². The molecule has 0 aromatic carbocycles. The van der Waals surface area contributed by atoms with Crippen LogP contribution in [-0.4, -0.2) is 44.6 Å². The molecule has 6 heteroatoms. The number of hydrogen-bond donors (Lipinski definition) is 1. The van der Waals surface area contributed by atoms with Crippen molar-refractivity contribution < 1.29 is 4.74 Å². The van der Waals surface area contributed by atoms with Crippen molar-refractivity contribution in [1.29, 1.82) is 0 Å².